The maximum Gasteiger partial charge on any atom is 0.159 e. The lowest BCUT2D eigenvalue weighted by Crippen LogP contribution is -2.16. The van der Waals surface area contributed by atoms with Gasteiger partial charge in [-0.3, -0.25) is 0 Å². The summed E-state index contributed by atoms with van der Waals surface area (Å²) in [6.07, 6.45) is 0. The summed E-state index contributed by atoms with van der Waals surface area (Å²) in [5, 5.41) is 4.69. The van der Waals surface area contributed by atoms with Crippen LogP contribution in [0, 0.1) is 0 Å². The van der Waals surface area contributed by atoms with E-state index in [9.17, 15) is 0 Å². The van der Waals surface area contributed by atoms with Crippen LogP contribution in [0.5, 0.6) is 11.5 Å². The van der Waals surface area contributed by atoms with Crippen molar-refractivity contribution >= 4 is 38.6 Å². The van der Waals surface area contributed by atoms with E-state index in [1.54, 1.807) is 0 Å². The Morgan fingerprint density at radius 2 is 1.18 bits per heavy atom. The number of rotatable bonds is 1. The highest BCUT2D eigenvalue weighted by Crippen LogP contribution is 2.54. The quantitative estimate of drug-likeness (QED) is 0.300. The van der Waals surface area contributed by atoms with Crippen LogP contribution in [0.4, 0.5) is 17.1 Å². The van der Waals surface area contributed by atoms with Gasteiger partial charge in [0.2, 0.25) is 0 Å². The Hall–Kier alpha value is -3.78. The van der Waals surface area contributed by atoms with E-state index in [-0.39, 0.29) is 0 Å². The molecule has 0 saturated carbocycles. The van der Waals surface area contributed by atoms with Crippen molar-refractivity contribution in [3.8, 4) is 11.5 Å². The first kappa shape index (κ1) is 15.3. The summed E-state index contributed by atoms with van der Waals surface area (Å²) in [6, 6.07) is 35.9. The third-order valence-corrected chi connectivity index (χ3v) is 5.41. The van der Waals surface area contributed by atoms with Crippen molar-refractivity contribution in [3.05, 3.63) is 103 Å². The molecule has 28 heavy (non-hydrogen) atoms. The molecule has 5 aromatic rings. The largest absolute Gasteiger partial charge is 0.452 e. The fourth-order valence-corrected chi connectivity index (χ4v) is 4.14. The van der Waals surface area contributed by atoms with E-state index >= 15 is 0 Å². The van der Waals surface area contributed by atoms with E-state index in [1.165, 1.54) is 16.2 Å². The number of anilines is 3. The first-order valence-corrected chi connectivity index (χ1v) is 9.47. The second kappa shape index (κ2) is 5.86. The Morgan fingerprint density at radius 1 is 0.536 bits per heavy atom. The van der Waals surface area contributed by atoms with Crippen LogP contribution in [-0.4, -0.2) is 0 Å². The Bertz CT molecular complexity index is 1340. The van der Waals surface area contributed by atoms with Crippen LogP contribution in [-0.2, 0) is 0 Å². The number of hydrogen-bond donors (Lipinski definition) is 0. The molecule has 0 radical (unpaired) electrons. The van der Waals surface area contributed by atoms with Gasteiger partial charge < -0.3 is 9.64 Å². The van der Waals surface area contributed by atoms with Gasteiger partial charge in [-0.05, 0) is 35.0 Å². The summed E-state index contributed by atoms with van der Waals surface area (Å²) in [7, 11) is 0. The summed E-state index contributed by atoms with van der Waals surface area (Å²) in [5.41, 5.74) is 3.28. The number of fused-ring (bicyclic) bond motifs is 6. The highest BCUT2D eigenvalue weighted by Gasteiger charge is 2.28. The zero-order valence-corrected chi connectivity index (χ0v) is 15.2. The monoisotopic (exact) mass is 359 g/mol. The van der Waals surface area contributed by atoms with Gasteiger partial charge in [-0.1, -0.05) is 78.9 Å². The fraction of sp³-hybridized carbons (Fsp3) is 0. The molecule has 1 heterocycles. The minimum Gasteiger partial charge on any atom is -0.452 e. The van der Waals surface area contributed by atoms with Crippen molar-refractivity contribution in [2.75, 3.05) is 4.90 Å². The van der Waals surface area contributed by atoms with E-state index in [2.05, 4.69) is 108 Å². The van der Waals surface area contributed by atoms with Crippen LogP contribution in [0.2, 0.25) is 0 Å². The predicted octanol–water partition coefficient (Wildman–Crippen LogP) is 7.57. The van der Waals surface area contributed by atoms with Crippen molar-refractivity contribution in [1.29, 1.82) is 0 Å². The molecule has 2 heteroatoms. The standard InChI is InChI=1S/C26H17NO/c1-2-10-20(11-3-1)27-23-16-14-19-9-5-7-13-22(19)26(23)28-24-17-15-18-8-4-6-12-21(18)25(24)27/h1-17H. The molecule has 132 valence electrons. The highest BCUT2D eigenvalue weighted by atomic mass is 16.5. The van der Waals surface area contributed by atoms with Gasteiger partial charge in [0.15, 0.2) is 11.5 Å². The van der Waals surface area contributed by atoms with Gasteiger partial charge in [0.05, 0.1) is 11.4 Å². The molecule has 0 atom stereocenters. The molecule has 6 rings (SSSR count). The maximum absolute atomic E-state index is 6.51. The topological polar surface area (TPSA) is 12.5 Å². The Kier molecular flexibility index (Phi) is 3.20. The first-order chi connectivity index (χ1) is 13.9. The molecular formula is C26H17NO. The molecule has 0 bridgehead atoms. The number of nitrogens with zero attached hydrogens (tertiary/aromatic N) is 1. The summed E-state index contributed by atoms with van der Waals surface area (Å²) in [5.74, 6) is 1.79. The molecule has 0 fully saturated rings. The van der Waals surface area contributed by atoms with Crippen LogP contribution in [0.25, 0.3) is 21.5 Å². The fourth-order valence-electron chi connectivity index (χ4n) is 4.14. The van der Waals surface area contributed by atoms with Crippen molar-refractivity contribution in [2.45, 2.75) is 0 Å². The van der Waals surface area contributed by atoms with E-state index < -0.39 is 0 Å². The minimum absolute atomic E-state index is 0.881. The molecule has 1 aliphatic heterocycles. The Morgan fingerprint density at radius 3 is 2.00 bits per heavy atom. The normalized spacial score (nSPS) is 12.5. The van der Waals surface area contributed by atoms with Crippen molar-refractivity contribution in [1.82, 2.24) is 0 Å². The lowest BCUT2D eigenvalue weighted by molar-refractivity contribution is 0.483. The Labute approximate surface area is 163 Å². The van der Waals surface area contributed by atoms with Gasteiger partial charge in [0.25, 0.3) is 0 Å². The van der Waals surface area contributed by atoms with Gasteiger partial charge in [-0.2, -0.15) is 0 Å². The number of hydrogen-bond acceptors (Lipinski definition) is 2. The maximum atomic E-state index is 6.51. The van der Waals surface area contributed by atoms with Gasteiger partial charge in [-0.15, -0.1) is 0 Å². The molecule has 5 aromatic carbocycles. The molecule has 1 aliphatic rings. The number of ether oxygens (including phenoxy) is 1. The lowest BCUT2D eigenvalue weighted by Gasteiger charge is -2.34. The van der Waals surface area contributed by atoms with Gasteiger partial charge in [-0.25, -0.2) is 0 Å². The second-order valence-electron chi connectivity index (χ2n) is 7.04. The molecule has 0 unspecified atom stereocenters. The van der Waals surface area contributed by atoms with E-state index in [0.29, 0.717) is 0 Å². The third-order valence-electron chi connectivity index (χ3n) is 5.41. The lowest BCUT2D eigenvalue weighted by atomic mass is 10.0. The minimum atomic E-state index is 0.881. The molecule has 2 nitrogen and oxygen atoms in total. The van der Waals surface area contributed by atoms with Crippen molar-refractivity contribution < 1.29 is 4.74 Å². The molecule has 0 aliphatic carbocycles. The smallest absolute Gasteiger partial charge is 0.159 e. The second-order valence-corrected chi connectivity index (χ2v) is 7.04. The molecule has 0 N–H and O–H groups in total. The highest BCUT2D eigenvalue weighted by molar-refractivity contribution is 6.07. The molecular weight excluding hydrogens is 342 g/mol. The number of benzene rings is 5. The average molecular weight is 359 g/mol. The zero-order valence-electron chi connectivity index (χ0n) is 15.2. The zero-order chi connectivity index (χ0) is 18.5. The van der Waals surface area contributed by atoms with Gasteiger partial charge in [0.1, 0.15) is 0 Å². The van der Waals surface area contributed by atoms with Crippen molar-refractivity contribution in [2.24, 2.45) is 0 Å². The molecule has 0 amide bonds. The third kappa shape index (κ3) is 2.15. The van der Waals surface area contributed by atoms with E-state index in [0.717, 1.165) is 33.9 Å². The molecule has 0 aromatic heterocycles. The van der Waals surface area contributed by atoms with E-state index in [1.807, 2.05) is 0 Å². The van der Waals surface area contributed by atoms with Crippen molar-refractivity contribution in [3.63, 3.8) is 0 Å². The number of para-hydroxylation sites is 1. The van der Waals surface area contributed by atoms with Crippen LogP contribution >= 0.6 is 0 Å². The van der Waals surface area contributed by atoms with Crippen LogP contribution in [0.1, 0.15) is 0 Å². The van der Waals surface area contributed by atoms with Crippen LogP contribution in [0.3, 0.4) is 0 Å². The SMILES string of the molecule is c1ccc(N2c3ccc4ccccc4c3Oc3ccc4ccccc4c32)cc1. The molecule has 0 spiro atoms. The van der Waals surface area contributed by atoms with Gasteiger partial charge >= 0.3 is 0 Å². The average Bonchev–Trinajstić information content (AvgIpc) is 2.78. The summed E-state index contributed by atoms with van der Waals surface area (Å²) in [4.78, 5) is 2.32. The molecule has 0 saturated heterocycles. The first-order valence-electron chi connectivity index (χ1n) is 9.47. The van der Waals surface area contributed by atoms with Crippen LogP contribution in [0.15, 0.2) is 103 Å². The van der Waals surface area contributed by atoms with Crippen LogP contribution < -0.4 is 9.64 Å². The summed E-state index contributed by atoms with van der Waals surface area (Å²) in [6.45, 7) is 0. The summed E-state index contributed by atoms with van der Waals surface area (Å²) < 4.78 is 6.51. The van der Waals surface area contributed by atoms with Gasteiger partial charge in [0, 0.05) is 16.5 Å². The van der Waals surface area contributed by atoms with E-state index in [4.69, 9.17) is 4.74 Å². The predicted molar refractivity (Wildman–Crippen MR) is 116 cm³/mol. The Balaban J connectivity index is 1.73. The summed E-state index contributed by atoms with van der Waals surface area (Å²) >= 11 is 0.